The minimum Gasteiger partial charge on any atom is -0.385 e. The Bertz CT molecular complexity index is 2790. The zero-order valence-corrected chi connectivity index (χ0v) is 46.5. The van der Waals surface area contributed by atoms with Crippen LogP contribution in [0.15, 0.2) is 84.4 Å². The highest BCUT2D eigenvalue weighted by Crippen LogP contribution is 2.38. The molecule has 19 nitrogen and oxygen atoms in total. The van der Waals surface area contributed by atoms with Gasteiger partial charge in [0.1, 0.15) is 34.9 Å². The Morgan fingerprint density at radius 3 is 2.37 bits per heavy atom. The van der Waals surface area contributed by atoms with Crippen molar-refractivity contribution in [3.05, 3.63) is 101 Å². The van der Waals surface area contributed by atoms with Crippen molar-refractivity contribution in [1.29, 1.82) is 0 Å². The number of halogens is 1. The molecule has 2 aromatic carbocycles. The standard InChI is InChI=1S/C23H37ClN4O2.C23H28N4O3.C12H14N6/c1-26-12-8-22(9-13-26)30-18-10-25-19-23(29)28-16-14-27(15-17-28)11-2-3-20-4-6-21(24)7-5-20;1-3-16-5-4-6-18(9-16)19-11-20(21(15-28)25-13-19)26-22(29)14-24-12-17-7-8-27(2)23(30)10-17;13-11-12(17-11)2-5-18(6-3-12)10-8-1-4-14-9(8)15-7-16-10/h4-7,22,25H,2-3,8-19H2,1H3;4-6,9,11,13,15,17,24H,3,7-8,10,12,14H2,1-2H3,(H,26,29);1,4,7H,2-3,5-6H2,(H2,13,17)(H,14,15,16). The van der Waals surface area contributed by atoms with Gasteiger partial charge in [0.25, 0.3) is 0 Å². The van der Waals surface area contributed by atoms with E-state index in [0.29, 0.717) is 44.2 Å². The third-order valence-corrected chi connectivity index (χ3v) is 15.8. The van der Waals surface area contributed by atoms with E-state index >= 15 is 0 Å². The zero-order chi connectivity index (χ0) is 54.9. The second-order valence-electron chi connectivity index (χ2n) is 21.1. The number of amides is 3. The number of aldehydes is 1. The molecule has 5 aromatic rings. The van der Waals surface area contributed by atoms with Crippen molar-refractivity contribution in [3.63, 3.8) is 0 Å². The van der Waals surface area contributed by atoms with Crippen LogP contribution in [-0.2, 0) is 32.0 Å². The maximum Gasteiger partial charge on any atom is 0.238 e. The molecule has 0 aliphatic carbocycles. The number of amidine groups is 1. The van der Waals surface area contributed by atoms with E-state index in [1.54, 1.807) is 23.5 Å². The molecule has 4 fully saturated rings. The van der Waals surface area contributed by atoms with Crippen LogP contribution < -0.4 is 26.6 Å². The molecular formula is C58H79ClN14O5. The quantitative estimate of drug-likeness (QED) is 0.0523. The third-order valence-electron chi connectivity index (χ3n) is 15.6. The van der Waals surface area contributed by atoms with Crippen molar-refractivity contribution in [2.24, 2.45) is 16.6 Å². The number of rotatable bonds is 19. The summed E-state index contributed by atoms with van der Waals surface area (Å²) in [5.41, 5.74) is 11.6. The van der Waals surface area contributed by atoms with Gasteiger partial charge in [0.05, 0.1) is 36.9 Å². The van der Waals surface area contributed by atoms with Gasteiger partial charge in [0.15, 0.2) is 6.29 Å². The molecule has 0 radical (unpaired) electrons. The number of hydrogen-bond donors (Lipinski definition) is 5. The smallest absolute Gasteiger partial charge is 0.238 e. The van der Waals surface area contributed by atoms with Gasteiger partial charge in [-0.25, -0.2) is 9.97 Å². The Kier molecular flexibility index (Phi) is 21.1. The molecule has 1 atom stereocenters. The lowest BCUT2D eigenvalue weighted by atomic mass is 9.94. The van der Waals surface area contributed by atoms with Crippen LogP contribution in [0.4, 0.5) is 11.5 Å². The van der Waals surface area contributed by atoms with Gasteiger partial charge in [-0.2, -0.15) is 0 Å². The number of piperazine rings is 1. The van der Waals surface area contributed by atoms with Crippen molar-refractivity contribution in [2.45, 2.75) is 76.4 Å². The fourth-order valence-electron chi connectivity index (χ4n) is 10.5. The molecule has 6 N–H and O–H groups in total. The Labute approximate surface area is 464 Å². The van der Waals surface area contributed by atoms with Crippen LogP contribution in [0, 0.1) is 5.92 Å². The number of H-pyrrole nitrogens is 1. The molecule has 418 valence electrons. The van der Waals surface area contributed by atoms with Crippen LogP contribution in [0.1, 0.15) is 73.5 Å². The van der Waals surface area contributed by atoms with E-state index in [1.165, 1.54) is 11.1 Å². The highest BCUT2D eigenvalue weighted by Gasteiger charge is 2.47. The minimum absolute atomic E-state index is 0.000786. The number of nitrogens with zero attached hydrogens (tertiary/aromatic N) is 9. The van der Waals surface area contributed by atoms with Crippen LogP contribution in [0.3, 0.4) is 0 Å². The summed E-state index contributed by atoms with van der Waals surface area (Å²) in [6, 6.07) is 20.0. The summed E-state index contributed by atoms with van der Waals surface area (Å²) in [4.78, 5) is 79.1. The minimum atomic E-state index is -0.251. The van der Waals surface area contributed by atoms with E-state index in [9.17, 15) is 19.2 Å². The third kappa shape index (κ3) is 16.6. The molecule has 20 heteroatoms. The van der Waals surface area contributed by atoms with E-state index in [-0.39, 0.29) is 41.4 Å². The van der Waals surface area contributed by atoms with Crippen molar-refractivity contribution >= 4 is 64.0 Å². The number of hydrogen-bond acceptors (Lipinski definition) is 15. The molecule has 10 rings (SSSR count). The molecular weight excluding hydrogens is 1010 g/mol. The number of piperidine rings is 3. The summed E-state index contributed by atoms with van der Waals surface area (Å²) in [6.45, 7) is 14.2. The van der Waals surface area contributed by atoms with E-state index in [4.69, 9.17) is 22.1 Å². The number of anilines is 2. The lowest BCUT2D eigenvalue weighted by molar-refractivity contribution is -0.133. The summed E-state index contributed by atoms with van der Waals surface area (Å²) in [6.07, 6.45) is 14.9. The lowest BCUT2D eigenvalue weighted by Gasteiger charge is -2.34. The SMILES string of the molecule is CCc1cccc(-c2cnc(C=O)c(NC(=O)CNCC3CCN(C)C(=O)C3)c2)c1.CN1CCC(OCCNCC(=O)N2CCN(CCCc3ccc(Cl)cc3)CC2)CC1.NC1=NC12CCN(c1ncnc3[nH]ccc13)CC2. The van der Waals surface area contributed by atoms with Crippen molar-refractivity contribution in [2.75, 3.05) is 123 Å². The molecule has 3 aromatic heterocycles. The van der Waals surface area contributed by atoms with Gasteiger partial charge in [0.2, 0.25) is 17.7 Å². The number of aromatic amines is 1. The maximum atomic E-state index is 12.4. The van der Waals surface area contributed by atoms with E-state index < -0.39 is 0 Å². The highest BCUT2D eigenvalue weighted by molar-refractivity contribution is 6.30. The number of ether oxygens (including phenoxy) is 1. The second kappa shape index (κ2) is 28.5. The van der Waals surface area contributed by atoms with Gasteiger partial charge >= 0.3 is 0 Å². The zero-order valence-electron chi connectivity index (χ0n) is 45.7. The molecule has 5 aliphatic heterocycles. The number of benzene rings is 2. The maximum absolute atomic E-state index is 12.4. The number of aliphatic imine (C=N–C) groups is 1. The number of carbonyl (C=O) groups excluding carboxylic acids is 4. The number of aromatic nitrogens is 4. The number of likely N-dealkylation sites (tertiary alicyclic amines) is 2. The van der Waals surface area contributed by atoms with Crippen LogP contribution in [0.5, 0.6) is 0 Å². The average molecular weight is 1090 g/mol. The van der Waals surface area contributed by atoms with Crippen LogP contribution >= 0.6 is 11.6 Å². The molecule has 1 unspecified atom stereocenters. The van der Waals surface area contributed by atoms with E-state index in [0.717, 1.165) is 162 Å². The number of carbonyl (C=O) groups is 4. The Morgan fingerprint density at radius 2 is 1.65 bits per heavy atom. The predicted octanol–water partition coefficient (Wildman–Crippen LogP) is 5.30. The van der Waals surface area contributed by atoms with Gasteiger partial charge in [-0.15, -0.1) is 0 Å². The summed E-state index contributed by atoms with van der Waals surface area (Å²) in [5, 5.41) is 11.0. The van der Waals surface area contributed by atoms with Gasteiger partial charge < -0.3 is 51.0 Å². The first-order valence-corrected chi connectivity index (χ1v) is 28.2. The summed E-state index contributed by atoms with van der Waals surface area (Å²) in [7, 11) is 3.97. The largest absolute Gasteiger partial charge is 0.385 e. The number of fused-ring (bicyclic) bond motifs is 1. The first kappa shape index (κ1) is 57.8. The molecule has 4 saturated heterocycles. The molecule has 78 heavy (non-hydrogen) atoms. The summed E-state index contributed by atoms with van der Waals surface area (Å²) < 4.78 is 5.92. The second-order valence-corrected chi connectivity index (χ2v) is 21.6. The van der Waals surface area contributed by atoms with Crippen LogP contribution in [0.2, 0.25) is 5.02 Å². The normalized spacial score (nSPS) is 18.7. The average Bonchev–Trinajstić information content (AvgIpc) is 4.07. The number of aryl methyl sites for hydroxylation is 2. The number of pyridine rings is 1. The monoisotopic (exact) mass is 1090 g/mol. The highest BCUT2D eigenvalue weighted by atomic mass is 35.5. The molecule has 5 aliphatic rings. The summed E-state index contributed by atoms with van der Waals surface area (Å²) >= 11 is 5.94. The topological polar surface area (TPSA) is 223 Å². The van der Waals surface area contributed by atoms with E-state index in [1.807, 2.05) is 48.5 Å². The fraction of sp³-hybridized carbons (Fsp3) is 0.517. The molecule has 1 spiro atoms. The van der Waals surface area contributed by atoms with Crippen molar-refractivity contribution < 1.29 is 23.9 Å². The van der Waals surface area contributed by atoms with E-state index in [2.05, 4.69) is 93.8 Å². The van der Waals surface area contributed by atoms with Gasteiger partial charge in [-0.1, -0.05) is 54.9 Å². The lowest BCUT2D eigenvalue weighted by Crippen LogP contribution is -2.51. The Hall–Kier alpha value is -6.35. The summed E-state index contributed by atoms with van der Waals surface area (Å²) in [5.74, 6) is 2.17. The van der Waals surface area contributed by atoms with Crippen molar-refractivity contribution in [1.82, 2.24) is 50.2 Å². The van der Waals surface area contributed by atoms with Gasteiger partial charge in [-0.3, -0.25) is 34.1 Å². The molecule has 3 amide bonds. The first-order valence-electron chi connectivity index (χ1n) is 27.8. The number of nitrogens with two attached hydrogens (primary N) is 1. The van der Waals surface area contributed by atoms with Crippen LogP contribution in [0.25, 0.3) is 22.2 Å². The molecule has 0 bridgehead atoms. The Morgan fingerprint density at radius 1 is 0.885 bits per heavy atom. The molecule has 8 heterocycles. The van der Waals surface area contributed by atoms with Gasteiger partial charge in [0, 0.05) is 102 Å². The van der Waals surface area contributed by atoms with Crippen LogP contribution in [-0.4, -0.2) is 193 Å². The molecule has 0 saturated carbocycles. The first-order chi connectivity index (χ1) is 37.9. The van der Waals surface area contributed by atoms with Crippen molar-refractivity contribution in [3.8, 4) is 11.1 Å². The Balaban J connectivity index is 0.000000159. The van der Waals surface area contributed by atoms with Gasteiger partial charge in [-0.05, 0) is 118 Å². The predicted molar refractivity (Wildman–Crippen MR) is 308 cm³/mol. The fourth-order valence-corrected chi connectivity index (χ4v) is 10.6. The number of nitrogens with one attached hydrogen (secondary N) is 4.